The topological polar surface area (TPSA) is 113 Å². The molecule has 7 nitrogen and oxygen atoms in total. The number of nitrogens with zero attached hydrogens (tertiary/aromatic N) is 1. The average Bonchev–Trinajstić information content (AvgIpc) is 2.53. The van der Waals surface area contributed by atoms with Gasteiger partial charge >= 0.3 is 5.97 Å². The Bertz CT molecular complexity index is 486. The van der Waals surface area contributed by atoms with E-state index in [1.807, 2.05) is 0 Å². The Labute approximate surface area is 121 Å². The molecule has 0 bridgehead atoms. The predicted octanol–water partition coefficient (Wildman–Crippen LogP) is -0.645. The van der Waals surface area contributed by atoms with Crippen molar-refractivity contribution in [1.29, 1.82) is 0 Å². The Hall–Kier alpha value is -1.28. The van der Waals surface area contributed by atoms with Crippen molar-refractivity contribution < 1.29 is 19.5 Å². The van der Waals surface area contributed by atoms with Crippen LogP contribution in [0.25, 0.3) is 0 Å². The number of carboxylic acid groups (broad SMARTS) is 1. The van der Waals surface area contributed by atoms with Gasteiger partial charge in [-0.3, -0.25) is 9.59 Å². The molecule has 0 aromatic rings. The highest BCUT2D eigenvalue weighted by Crippen LogP contribution is 2.50. The SMILES string of the molecule is CC(C)(N)C(=O)N[C@@H]1C(=O)N2[C@H]1SC(C)(C)[C@H]2C(=O)O. The zero-order chi connectivity index (χ0) is 15.5. The largest absolute Gasteiger partial charge is 0.480 e. The second kappa shape index (κ2) is 4.36. The molecule has 0 aliphatic carbocycles. The first kappa shape index (κ1) is 15.1. The molecule has 0 aromatic heterocycles. The third-order valence-corrected chi connectivity index (χ3v) is 5.12. The van der Waals surface area contributed by atoms with Crippen LogP contribution < -0.4 is 11.1 Å². The van der Waals surface area contributed by atoms with Crippen LogP contribution in [0.15, 0.2) is 0 Å². The molecule has 0 spiro atoms. The van der Waals surface area contributed by atoms with E-state index in [2.05, 4.69) is 5.32 Å². The Balaban J connectivity index is 2.15. The summed E-state index contributed by atoms with van der Waals surface area (Å²) in [6.07, 6.45) is 0. The maximum Gasteiger partial charge on any atom is 0.327 e. The molecule has 2 heterocycles. The Kier molecular flexibility index (Phi) is 3.29. The Morgan fingerprint density at radius 2 is 2.00 bits per heavy atom. The molecule has 0 radical (unpaired) electrons. The number of carbonyl (C=O) groups is 3. The van der Waals surface area contributed by atoms with E-state index in [4.69, 9.17) is 5.73 Å². The quantitative estimate of drug-likeness (QED) is 0.597. The van der Waals surface area contributed by atoms with Crippen LogP contribution in [0.1, 0.15) is 27.7 Å². The highest BCUT2D eigenvalue weighted by atomic mass is 32.2. The van der Waals surface area contributed by atoms with Crippen LogP contribution in [-0.2, 0) is 14.4 Å². The highest BCUT2D eigenvalue weighted by molar-refractivity contribution is 8.01. The molecule has 20 heavy (non-hydrogen) atoms. The van der Waals surface area contributed by atoms with Crippen molar-refractivity contribution in [3.8, 4) is 0 Å². The van der Waals surface area contributed by atoms with Gasteiger partial charge in [-0.2, -0.15) is 0 Å². The number of aliphatic carboxylic acids is 1. The van der Waals surface area contributed by atoms with E-state index in [-0.39, 0.29) is 11.3 Å². The maximum atomic E-state index is 12.1. The number of thioether (sulfide) groups is 1. The average molecular weight is 301 g/mol. The van der Waals surface area contributed by atoms with Gasteiger partial charge in [-0.15, -0.1) is 11.8 Å². The van der Waals surface area contributed by atoms with Crippen molar-refractivity contribution in [1.82, 2.24) is 10.2 Å². The van der Waals surface area contributed by atoms with E-state index < -0.39 is 34.2 Å². The van der Waals surface area contributed by atoms with Gasteiger partial charge in [0.05, 0.1) is 5.54 Å². The van der Waals surface area contributed by atoms with Gasteiger partial charge in [0.15, 0.2) is 0 Å². The summed E-state index contributed by atoms with van der Waals surface area (Å²) in [4.78, 5) is 36.6. The van der Waals surface area contributed by atoms with Gasteiger partial charge in [-0.25, -0.2) is 4.79 Å². The number of nitrogens with one attached hydrogen (secondary N) is 1. The van der Waals surface area contributed by atoms with Crippen LogP contribution in [0.5, 0.6) is 0 Å². The first-order chi connectivity index (χ1) is 8.97. The van der Waals surface area contributed by atoms with Crippen molar-refractivity contribution in [2.45, 2.75) is 55.4 Å². The first-order valence-electron chi connectivity index (χ1n) is 6.29. The van der Waals surface area contributed by atoms with Gasteiger partial charge in [0, 0.05) is 4.75 Å². The summed E-state index contributed by atoms with van der Waals surface area (Å²) in [5.41, 5.74) is 4.60. The predicted molar refractivity (Wildman–Crippen MR) is 73.9 cm³/mol. The monoisotopic (exact) mass is 301 g/mol. The fourth-order valence-electron chi connectivity index (χ4n) is 2.47. The fraction of sp³-hybridized carbons (Fsp3) is 0.750. The van der Waals surface area contributed by atoms with Crippen molar-refractivity contribution in [2.75, 3.05) is 0 Å². The molecule has 0 aromatic carbocycles. The molecule has 2 rings (SSSR count). The summed E-state index contributed by atoms with van der Waals surface area (Å²) in [7, 11) is 0. The van der Waals surface area contributed by atoms with Crippen molar-refractivity contribution in [3.63, 3.8) is 0 Å². The molecular formula is C12H19N3O4S. The van der Waals surface area contributed by atoms with Crippen molar-refractivity contribution in [2.24, 2.45) is 5.73 Å². The third-order valence-electron chi connectivity index (χ3n) is 3.55. The third kappa shape index (κ3) is 2.16. The van der Waals surface area contributed by atoms with Gasteiger partial charge in [0.2, 0.25) is 11.8 Å². The standard InChI is InChI=1S/C12H19N3O4S/c1-11(2,13)10(19)14-5-7(16)15-6(9(17)18)12(3,4)20-8(5)15/h5-6,8H,13H2,1-4H3,(H,14,19)(H,17,18)/t5-,6-,8+/m1/s1. The van der Waals surface area contributed by atoms with Crippen LogP contribution in [0, 0.1) is 0 Å². The Morgan fingerprint density at radius 1 is 1.45 bits per heavy atom. The van der Waals surface area contributed by atoms with Crippen LogP contribution >= 0.6 is 11.8 Å². The second-order valence-corrected chi connectivity index (χ2v) is 8.04. The van der Waals surface area contributed by atoms with Gasteiger partial charge < -0.3 is 21.1 Å². The number of β-lactam (4-membered cyclic amide) rings is 1. The summed E-state index contributed by atoms with van der Waals surface area (Å²) >= 11 is 1.39. The molecule has 0 saturated carbocycles. The molecule has 112 valence electrons. The lowest BCUT2D eigenvalue weighted by atomic mass is 9.95. The molecule has 4 N–H and O–H groups in total. The zero-order valence-electron chi connectivity index (χ0n) is 11.8. The van der Waals surface area contributed by atoms with E-state index in [9.17, 15) is 19.5 Å². The fourth-order valence-corrected chi connectivity index (χ4v) is 4.10. The summed E-state index contributed by atoms with van der Waals surface area (Å²) in [5, 5.41) is 11.5. The summed E-state index contributed by atoms with van der Waals surface area (Å²) in [6, 6.07) is -1.57. The number of nitrogens with two attached hydrogens (primary N) is 1. The van der Waals surface area contributed by atoms with Crippen LogP contribution in [0.3, 0.4) is 0 Å². The van der Waals surface area contributed by atoms with E-state index >= 15 is 0 Å². The molecule has 8 heteroatoms. The first-order valence-corrected chi connectivity index (χ1v) is 7.17. The van der Waals surface area contributed by atoms with Crippen molar-refractivity contribution >= 4 is 29.5 Å². The van der Waals surface area contributed by atoms with Gasteiger partial charge in [-0.05, 0) is 27.7 Å². The summed E-state index contributed by atoms with van der Waals surface area (Å²) in [6.45, 7) is 6.67. The lowest BCUT2D eigenvalue weighted by molar-refractivity contribution is -0.161. The molecular weight excluding hydrogens is 282 g/mol. The minimum absolute atomic E-state index is 0.343. The Morgan fingerprint density at radius 3 is 2.45 bits per heavy atom. The number of hydrogen-bond donors (Lipinski definition) is 3. The number of amides is 2. The van der Waals surface area contributed by atoms with E-state index in [0.29, 0.717) is 0 Å². The van der Waals surface area contributed by atoms with Crippen molar-refractivity contribution in [3.05, 3.63) is 0 Å². The molecule has 2 aliphatic heterocycles. The number of fused-ring (bicyclic) bond motifs is 1. The normalized spacial score (nSPS) is 31.6. The number of carboxylic acids is 1. The minimum Gasteiger partial charge on any atom is -0.480 e. The van der Waals surface area contributed by atoms with E-state index in [0.717, 1.165) is 0 Å². The minimum atomic E-state index is -1.08. The number of hydrogen-bond acceptors (Lipinski definition) is 5. The molecule has 0 unspecified atom stereocenters. The van der Waals surface area contributed by atoms with Crippen LogP contribution in [0.4, 0.5) is 0 Å². The molecule has 2 aliphatic rings. The molecule has 2 amide bonds. The maximum absolute atomic E-state index is 12.1. The van der Waals surface area contributed by atoms with Crippen LogP contribution in [0.2, 0.25) is 0 Å². The lowest BCUT2D eigenvalue weighted by Crippen LogP contribution is -2.72. The van der Waals surface area contributed by atoms with E-state index in [1.54, 1.807) is 27.7 Å². The molecule has 2 saturated heterocycles. The van der Waals surface area contributed by atoms with Gasteiger partial charge in [-0.1, -0.05) is 0 Å². The number of carbonyl (C=O) groups excluding carboxylic acids is 2. The lowest BCUT2D eigenvalue weighted by Gasteiger charge is -2.44. The highest BCUT2D eigenvalue weighted by Gasteiger charge is 2.64. The van der Waals surface area contributed by atoms with Gasteiger partial charge in [0.1, 0.15) is 17.5 Å². The zero-order valence-corrected chi connectivity index (χ0v) is 12.7. The molecule has 2 fully saturated rings. The summed E-state index contributed by atoms with van der Waals surface area (Å²) in [5.74, 6) is -1.81. The van der Waals surface area contributed by atoms with Gasteiger partial charge in [0.25, 0.3) is 0 Å². The second-order valence-electron chi connectivity index (χ2n) is 6.27. The summed E-state index contributed by atoms with van der Waals surface area (Å²) < 4.78 is -0.593. The number of rotatable bonds is 3. The molecule has 3 atom stereocenters. The van der Waals surface area contributed by atoms with Crippen LogP contribution in [-0.4, -0.2) is 55.5 Å². The smallest absolute Gasteiger partial charge is 0.327 e. The van der Waals surface area contributed by atoms with E-state index in [1.165, 1.54) is 16.7 Å².